The Bertz CT molecular complexity index is 983. The number of aryl methyl sites for hydroxylation is 1. The van der Waals surface area contributed by atoms with Crippen molar-refractivity contribution in [3.05, 3.63) is 77.6 Å². The smallest absolute Gasteiger partial charge is 0.238 e. The van der Waals surface area contributed by atoms with Crippen molar-refractivity contribution >= 4 is 11.6 Å². The van der Waals surface area contributed by atoms with E-state index in [1.807, 2.05) is 67.1 Å². The highest BCUT2D eigenvalue weighted by atomic mass is 16.2. The van der Waals surface area contributed by atoms with Gasteiger partial charge >= 0.3 is 0 Å². The van der Waals surface area contributed by atoms with E-state index in [9.17, 15) is 4.79 Å². The molecule has 0 spiro atoms. The van der Waals surface area contributed by atoms with E-state index >= 15 is 0 Å². The molecule has 2 atom stereocenters. The van der Waals surface area contributed by atoms with Crippen LogP contribution in [0.1, 0.15) is 22.9 Å². The quantitative estimate of drug-likeness (QED) is 0.704. The minimum atomic E-state index is -0.0373. The van der Waals surface area contributed by atoms with Gasteiger partial charge in [0.25, 0.3) is 0 Å². The first-order valence-corrected chi connectivity index (χ1v) is 9.97. The Hall–Kier alpha value is -2.96. The third-order valence-electron chi connectivity index (χ3n) is 5.59. The Balaban J connectivity index is 1.43. The summed E-state index contributed by atoms with van der Waals surface area (Å²) in [5.41, 5.74) is 11.1. The molecule has 1 amide bonds. The first kappa shape index (κ1) is 19.4. The molecule has 0 radical (unpaired) electrons. The van der Waals surface area contributed by atoms with E-state index < -0.39 is 0 Å². The maximum absolute atomic E-state index is 12.7. The normalized spacial score (nSPS) is 19.4. The number of aromatic nitrogens is 2. The molecule has 1 aliphatic heterocycles. The summed E-state index contributed by atoms with van der Waals surface area (Å²) in [5.74, 6) is 0.220. The zero-order valence-electron chi connectivity index (χ0n) is 16.9. The number of nitrogens with zero attached hydrogens (tertiary/aromatic N) is 3. The van der Waals surface area contributed by atoms with Crippen LogP contribution in [-0.2, 0) is 4.79 Å². The van der Waals surface area contributed by atoms with Gasteiger partial charge in [-0.2, -0.15) is 5.10 Å². The van der Waals surface area contributed by atoms with Crippen molar-refractivity contribution in [3.8, 4) is 5.69 Å². The first-order valence-electron chi connectivity index (χ1n) is 9.97. The van der Waals surface area contributed by atoms with E-state index in [4.69, 9.17) is 5.73 Å². The minimum Gasteiger partial charge on any atom is -0.326 e. The van der Waals surface area contributed by atoms with Gasteiger partial charge in [-0.15, -0.1) is 0 Å². The molecule has 3 N–H and O–H groups in total. The van der Waals surface area contributed by atoms with Crippen LogP contribution < -0.4 is 11.1 Å². The molecule has 1 saturated heterocycles. The maximum atomic E-state index is 12.7. The van der Waals surface area contributed by atoms with Gasteiger partial charge in [0.2, 0.25) is 5.91 Å². The summed E-state index contributed by atoms with van der Waals surface area (Å²) in [6.07, 6.45) is 0. The van der Waals surface area contributed by atoms with Crippen molar-refractivity contribution in [2.45, 2.75) is 25.8 Å². The number of nitrogens with two attached hydrogens (primary N) is 1. The maximum Gasteiger partial charge on any atom is 0.238 e. The molecule has 2 aromatic carbocycles. The van der Waals surface area contributed by atoms with Gasteiger partial charge in [0.15, 0.2) is 0 Å². The van der Waals surface area contributed by atoms with Crippen molar-refractivity contribution in [1.82, 2.24) is 14.7 Å². The zero-order valence-corrected chi connectivity index (χ0v) is 16.9. The van der Waals surface area contributed by atoms with Crippen molar-refractivity contribution in [3.63, 3.8) is 0 Å². The third kappa shape index (κ3) is 4.09. The highest BCUT2D eigenvalue weighted by Crippen LogP contribution is 2.27. The lowest BCUT2D eigenvalue weighted by Crippen LogP contribution is -2.34. The van der Waals surface area contributed by atoms with Crippen molar-refractivity contribution in [1.29, 1.82) is 0 Å². The molecular formula is C23H27N5O. The predicted molar refractivity (Wildman–Crippen MR) is 115 cm³/mol. The van der Waals surface area contributed by atoms with Crippen molar-refractivity contribution < 1.29 is 4.79 Å². The first-order chi connectivity index (χ1) is 14.0. The van der Waals surface area contributed by atoms with Crippen molar-refractivity contribution in [2.24, 2.45) is 5.73 Å². The number of amides is 1. The van der Waals surface area contributed by atoms with Gasteiger partial charge in [0.1, 0.15) is 0 Å². The molecule has 3 aromatic rings. The zero-order chi connectivity index (χ0) is 20.4. The number of hydrogen-bond acceptors (Lipinski definition) is 4. The Labute approximate surface area is 171 Å². The molecule has 4 rings (SSSR count). The number of carbonyl (C=O) groups excluding carboxylic acids is 1. The predicted octanol–water partition coefficient (Wildman–Crippen LogP) is 2.85. The van der Waals surface area contributed by atoms with E-state index in [1.165, 1.54) is 5.56 Å². The van der Waals surface area contributed by atoms with E-state index in [0.717, 1.165) is 29.3 Å². The van der Waals surface area contributed by atoms with E-state index in [0.29, 0.717) is 13.1 Å². The Morgan fingerprint density at radius 3 is 2.41 bits per heavy atom. The molecule has 1 fully saturated rings. The topological polar surface area (TPSA) is 76.2 Å². The number of hydrogen-bond donors (Lipinski definition) is 2. The van der Waals surface area contributed by atoms with Crippen LogP contribution in [0.4, 0.5) is 5.69 Å². The lowest BCUT2D eigenvalue weighted by molar-refractivity contribution is -0.117. The molecule has 29 heavy (non-hydrogen) atoms. The second-order valence-corrected chi connectivity index (χ2v) is 7.72. The van der Waals surface area contributed by atoms with Gasteiger partial charge in [-0.05, 0) is 31.5 Å². The number of para-hydroxylation sites is 1. The molecule has 0 aliphatic carbocycles. The lowest BCUT2D eigenvalue weighted by Gasteiger charge is -2.16. The Morgan fingerprint density at radius 2 is 1.72 bits per heavy atom. The monoisotopic (exact) mass is 389 g/mol. The third-order valence-corrected chi connectivity index (χ3v) is 5.59. The molecule has 0 saturated carbocycles. The fraction of sp³-hybridized carbons (Fsp3) is 0.304. The summed E-state index contributed by atoms with van der Waals surface area (Å²) in [5, 5.41) is 7.66. The largest absolute Gasteiger partial charge is 0.326 e. The number of benzene rings is 2. The molecule has 6 heteroatoms. The molecule has 1 aromatic heterocycles. The molecule has 2 heterocycles. The standard InChI is InChI=1S/C23H27N5O/c1-16-23(17(2)28(26-16)19-11-7-4-8-12-19)25-22(29)15-27-13-20(21(24)14-27)18-9-5-3-6-10-18/h3-12,20-21H,13-15,24H2,1-2H3,(H,25,29)/t20-,21+/m0/s1. The fourth-order valence-electron chi connectivity index (χ4n) is 4.12. The minimum absolute atomic E-state index is 0.0366. The summed E-state index contributed by atoms with van der Waals surface area (Å²) in [4.78, 5) is 14.9. The van der Waals surface area contributed by atoms with Gasteiger partial charge in [0, 0.05) is 25.0 Å². The van der Waals surface area contributed by atoms with Crippen LogP contribution in [0.15, 0.2) is 60.7 Å². The number of anilines is 1. The Morgan fingerprint density at radius 1 is 1.07 bits per heavy atom. The molecule has 150 valence electrons. The number of carbonyl (C=O) groups is 1. The average Bonchev–Trinajstić information content (AvgIpc) is 3.23. The van der Waals surface area contributed by atoms with Gasteiger partial charge < -0.3 is 11.1 Å². The Kier molecular flexibility index (Phi) is 5.47. The second kappa shape index (κ2) is 8.19. The van der Waals surface area contributed by atoms with Gasteiger partial charge in [-0.25, -0.2) is 4.68 Å². The summed E-state index contributed by atoms with van der Waals surface area (Å²) in [7, 11) is 0. The molecule has 6 nitrogen and oxygen atoms in total. The van der Waals surface area contributed by atoms with E-state index in [2.05, 4.69) is 27.4 Å². The van der Waals surface area contributed by atoms with Crippen LogP contribution in [0, 0.1) is 13.8 Å². The lowest BCUT2D eigenvalue weighted by atomic mass is 9.95. The summed E-state index contributed by atoms with van der Waals surface area (Å²) in [6, 6.07) is 20.3. The van der Waals surface area contributed by atoms with Crippen LogP contribution in [0.2, 0.25) is 0 Å². The van der Waals surface area contributed by atoms with Crippen LogP contribution in [0.5, 0.6) is 0 Å². The van der Waals surface area contributed by atoms with Gasteiger partial charge in [0.05, 0.1) is 29.3 Å². The molecule has 0 bridgehead atoms. The highest BCUT2D eigenvalue weighted by molar-refractivity contribution is 5.93. The summed E-state index contributed by atoms with van der Waals surface area (Å²) < 4.78 is 1.86. The fourth-order valence-corrected chi connectivity index (χ4v) is 4.12. The van der Waals surface area contributed by atoms with Gasteiger partial charge in [-0.1, -0.05) is 48.5 Å². The molecule has 0 unspecified atom stereocenters. The number of nitrogens with one attached hydrogen (secondary N) is 1. The SMILES string of the molecule is Cc1nn(-c2ccccc2)c(C)c1NC(=O)CN1C[C@@H](N)[C@H](c2ccccc2)C1. The number of rotatable bonds is 5. The van der Waals surface area contributed by atoms with E-state index in [-0.39, 0.29) is 17.9 Å². The van der Waals surface area contributed by atoms with Gasteiger partial charge in [-0.3, -0.25) is 9.69 Å². The summed E-state index contributed by atoms with van der Waals surface area (Å²) >= 11 is 0. The highest BCUT2D eigenvalue weighted by Gasteiger charge is 2.32. The van der Waals surface area contributed by atoms with Crippen LogP contribution in [0.3, 0.4) is 0 Å². The molecule has 1 aliphatic rings. The van der Waals surface area contributed by atoms with E-state index in [1.54, 1.807) is 0 Å². The number of likely N-dealkylation sites (tertiary alicyclic amines) is 1. The van der Waals surface area contributed by atoms with Crippen LogP contribution >= 0.6 is 0 Å². The van der Waals surface area contributed by atoms with Crippen LogP contribution in [-0.4, -0.2) is 46.3 Å². The second-order valence-electron chi connectivity index (χ2n) is 7.72. The van der Waals surface area contributed by atoms with Crippen molar-refractivity contribution in [2.75, 3.05) is 25.0 Å². The summed E-state index contributed by atoms with van der Waals surface area (Å²) in [6.45, 7) is 5.72. The average molecular weight is 390 g/mol. The van der Waals surface area contributed by atoms with Crippen LogP contribution in [0.25, 0.3) is 5.69 Å². The molecular weight excluding hydrogens is 362 g/mol.